The van der Waals surface area contributed by atoms with Gasteiger partial charge in [-0.15, -0.1) is 5.10 Å². The lowest BCUT2D eigenvalue weighted by molar-refractivity contribution is 0.239. The van der Waals surface area contributed by atoms with E-state index in [4.69, 9.17) is 4.42 Å². The summed E-state index contributed by atoms with van der Waals surface area (Å²) < 4.78 is 6.27. The van der Waals surface area contributed by atoms with Crippen LogP contribution in [0.2, 0.25) is 0 Å². The van der Waals surface area contributed by atoms with Crippen LogP contribution in [0.5, 0.6) is 0 Å². The molecule has 0 saturated heterocycles. The van der Waals surface area contributed by atoms with Crippen LogP contribution in [0.1, 0.15) is 11.6 Å². The van der Waals surface area contributed by atoms with Crippen molar-refractivity contribution in [2.24, 2.45) is 0 Å². The zero-order valence-electron chi connectivity index (χ0n) is 12.2. The fraction of sp³-hybridized carbons (Fsp3) is 0.118. The van der Waals surface area contributed by atoms with Gasteiger partial charge in [-0.2, -0.15) is 4.68 Å². The minimum atomic E-state index is -0.624. The molecule has 1 aromatic carbocycles. The van der Waals surface area contributed by atoms with Crippen molar-refractivity contribution >= 4 is 6.08 Å². The molecule has 0 fully saturated rings. The summed E-state index contributed by atoms with van der Waals surface area (Å²) in [7, 11) is 0. The second-order valence-corrected chi connectivity index (χ2v) is 4.88. The van der Waals surface area contributed by atoms with Crippen LogP contribution in [-0.4, -0.2) is 26.5 Å². The topological polar surface area (TPSA) is 81.2 Å². The lowest BCUT2D eigenvalue weighted by Gasteiger charge is -2.07. The number of aromatic nitrogens is 3. The van der Waals surface area contributed by atoms with E-state index in [-0.39, 0.29) is 12.5 Å². The van der Waals surface area contributed by atoms with Gasteiger partial charge in [0.1, 0.15) is 6.04 Å². The van der Waals surface area contributed by atoms with E-state index >= 15 is 0 Å². The second kappa shape index (κ2) is 6.85. The standard InChI is InChI=1S/C17H15N3O3/c21-12-15(9-8-13-5-2-1-3-6-13)20-17(22)23-16(19-20)14-7-4-10-18-11-14/h1-11,15,21H,12H2/b9-8+. The van der Waals surface area contributed by atoms with Gasteiger partial charge in [0.25, 0.3) is 5.89 Å². The van der Waals surface area contributed by atoms with Gasteiger partial charge >= 0.3 is 5.76 Å². The SMILES string of the molecule is O=c1oc(-c2cccnc2)nn1C(/C=C/c1ccccc1)CO. The summed E-state index contributed by atoms with van der Waals surface area (Å²) in [5, 5.41) is 13.7. The lowest BCUT2D eigenvalue weighted by atomic mass is 10.2. The molecule has 0 aliphatic heterocycles. The second-order valence-electron chi connectivity index (χ2n) is 4.88. The number of nitrogens with zero attached hydrogens (tertiary/aromatic N) is 3. The summed E-state index contributed by atoms with van der Waals surface area (Å²) in [6.45, 7) is -0.262. The van der Waals surface area contributed by atoms with E-state index < -0.39 is 11.8 Å². The van der Waals surface area contributed by atoms with Crippen molar-refractivity contribution in [2.45, 2.75) is 6.04 Å². The van der Waals surface area contributed by atoms with Crippen LogP contribution >= 0.6 is 0 Å². The van der Waals surface area contributed by atoms with Crippen molar-refractivity contribution in [3.63, 3.8) is 0 Å². The number of hydrogen-bond donors (Lipinski definition) is 1. The van der Waals surface area contributed by atoms with E-state index in [1.54, 1.807) is 30.6 Å². The highest BCUT2D eigenvalue weighted by Gasteiger charge is 2.16. The van der Waals surface area contributed by atoms with Gasteiger partial charge in [0.2, 0.25) is 0 Å². The third kappa shape index (κ3) is 3.44. The number of hydrogen-bond acceptors (Lipinski definition) is 5. The van der Waals surface area contributed by atoms with Crippen molar-refractivity contribution in [1.82, 2.24) is 14.8 Å². The summed E-state index contributed by atoms with van der Waals surface area (Å²) in [5.74, 6) is -0.449. The Morgan fingerprint density at radius 2 is 2.04 bits per heavy atom. The highest BCUT2D eigenvalue weighted by atomic mass is 16.4. The zero-order valence-corrected chi connectivity index (χ0v) is 12.2. The van der Waals surface area contributed by atoms with Crippen molar-refractivity contribution in [1.29, 1.82) is 0 Å². The van der Waals surface area contributed by atoms with Gasteiger partial charge < -0.3 is 9.52 Å². The molecule has 1 N–H and O–H groups in total. The normalized spacial score (nSPS) is 12.6. The Labute approximate surface area is 132 Å². The molecule has 0 aliphatic carbocycles. The van der Waals surface area contributed by atoms with Crippen LogP contribution in [-0.2, 0) is 0 Å². The Balaban J connectivity index is 1.89. The first-order valence-corrected chi connectivity index (χ1v) is 7.12. The Kier molecular flexibility index (Phi) is 4.44. The first-order chi connectivity index (χ1) is 11.3. The first-order valence-electron chi connectivity index (χ1n) is 7.12. The van der Waals surface area contributed by atoms with Gasteiger partial charge in [-0.05, 0) is 17.7 Å². The number of aliphatic hydroxyl groups excluding tert-OH is 1. The molecule has 116 valence electrons. The van der Waals surface area contributed by atoms with Gasteiger partial charge in [-0.3, -0.25) is 4.98 Å². The molecule has 0 bridgehead atoms. The van der Waals surface area contributed by atoms with E-state index in [0.717, 1.165) is 10.2 Å². The molecule has 3 rings (SSSR count). The van der Waals surface area contributed by atoms with E-state index in [9.17, 15) is 9.90 Å². The molecule has 1 unspecified atom stereocenters. The number of aliphatic hydroxyl groups is 1. The highest BCUT2D eigenvalue weighted by molar-refractivity contribution is 5.50. The maximum atomic E-state index is 12.0. The molecule has 6 nitrogen and oxygen atoms in total. The third-order valence-electron chi connectivity index (χ3n) is 3.29. The molecule has 0 amide bonds. The van der Waals surface area contributed by atoms with Crippen molar-refractivity contribution < 1.29 is 9.52 Å². The lowest BCUT2D eigenvalue weighted by Crippen LogP contribution is -2.23. The van der Waals surface area contributed by atoms with Crippen LogP contribution in [0.3, 0.4) is 0 Å². The predicted molar refractivity (Wildman–Crippen MR) is 85.6 cm³/mol. The Hall–Kier alpha value is -2.99. The molecular weight excluding hydrogens is 294 g/mol. The molecule has 6 heteroatoms. The molecule has 2 aromatic heterocycles. The average molecular weight is 309 g/mol. The monoisotopic (exact) mass is 309 g/mol. The van der Waals surface area contributed by atoms with E-state index in [1.165, 1.54) is 0 Å². The number of benzene rings is 1. The van der Waals surface area contributed by atoms with E-state index in [0.29, 0.717) is 5.56 Å². The smallest absolute Gasteiger partial charge is 0.394 e. The average Bonchev–Trinajstić information content (AvgIpc) is 2.99. The van der Waals surface area contributed by atoms with Gasteiger partial charge in [-0.25, -0.2) is 4.79 Å². The maximum absolute atomic E-state index is 12.0. The van der Waals surface area contributed by atoms with Crippen LogP contribution in [0, 0.1) is 0 Å². The van der Waals surface area contributed by atoms with Gasteiger partial charge in [0, 0.05) is 12.4 Å². The fourth-order valence-electron chi connectivity index (χ4n) is 2.11. The molecule has 1 atom stereocenters. The highest BCUT2D eigenvalue weighted by Crippen LogP contribution is 2.15. The number of pyridine rings is 1. The predicted octanol–water partition coefficient (Wildman–Crippen LogP) is 2.15. The van der Waals surface area contributed by atoms with Crippen LogP contribution < -0.4 is 5.76 Å². The summed E-state index contributed by atoms with van der Waals surface area (Å²) in [4.78, 5) is 16.0. The summed E-state index contributed by atoms with van der Waals surface area (Å²) >= 11 is 0. The fourth-order valence-corrected chi connectivity index (χ4v) is 2.11. The van der Waals surface area contributed by atoms with Crippen LogP contribution in [0.25, 0.3) is 17.5 Å². The molecule has 0 radical (unpaired) electrons. The molecule has 3 aromatic rings. The molecule has 0 spiro atoms. The van der Waals surface area contributed by atoms with Crippen LogP contribution in [0.15, 0.2) is 70.1 Å². The molecule has 0 aliphatic rings. The Morgan fingerprint density at radius 1 is 1.22 bits per heavy atom. The van der Waals surface area contributed by atoms with Gasteiger partial charge in [0.15, 0.2) is 0 Å². The van der Waals surface area contributed by atoms with Crippen molar-refractivity contribution in [2.75, 3.05) is 6.61 Å². The zero-order chi connectivity index (χ0) is 16.1. The Morgan fingerprint density at radius 3 is 2.74 bits per heavy atom. The minimum Gasteiger partial charge on any atom is -0.394 e. The number of rotatable bonds is 5. The molecule has 0 saturated carbocycles. The quantitative estimate of drug-likeness (QED) is 0.781. The van der Waals surface area contributed by atoms with Crippen molar-refractivity contribution in [3.05, 3.63) is 77.0 Å². The third-order valence-corrected chi connectivity index (χ3v) is 3.29. The van der Waals surface area contributed by atoms with Crippen molar-refractivity contribution in [3.8, 4) is 11.5 Å². The van der Waals surface area contributed by atoms with E-state index in [2.05, 4.69) is 10.1 Å². The molecular formula is C17H15N3O3. The maximum Gasteiger partial charge on any atom is 0.438 e. The van der Waals surface area contributed by atoms with Gasteiger partial charge in [0.05, 0.1) is 12.2 Å². The summed E-state index contributed by atoms with van der Waals surface area (Å²) in [5.41, 5.74) is 1.57. The first kappa shape index (κ1) is 14.9. The summed E-state index contributed by atoms with van der Waals surface area (Å²) in [6, 6.07) is 12.5. The molecule has 2 heterocycles. The Bertz CT molecular complexity index is 838. The minimum absolute atomic E-state index is 0.176. The largest absolute Gasteiger partial charge is 0.438 e. The van der Waals surface area contributed by atoms with Crippen LogP contribution in [0.4, 0.5) is 0 Å². The summed E-state index contributed by atoms with van der Waals surface area (Å²) in [6.07, 6.45) is 6.72. The van der Waals surface area contributed by atoms with Gasteiger partial charge in [-0.1, -0.05) is 42.5 Å². The molecule has 23 heavy (non-hydrogen) atoms. The van der Waals surface area contributed by atoms with E-state index in [1.807, 2.05) is 36.4 Å².